The van der Waals surface area contributed by atoms with Crippen molar-refractivity contribution in [3.05, 3.63) is 70.2 Å². The molecule has 0 bridgehead atoms. The van der Waals surface area contributed by atoms with Crippen LogP contribution in [0.25, 0.3) is 0 Å². The predicted octanol–water partition coefficient (Wildman–Crippen LogP) is 3.03. The predicted molar refractivity (Wildman–Crippen MR) is 133 cm³/mol. The van der Waals surface area contributed by atoms with Gasteiger partial charge in [0.25, 0.3) is 0 Å². The maximum atomic E-state index is 12.8. The van der Waals surface area contributed by atoms with Crippen LogP contribution in [-0.2, 0) is 38.4 Å². The minimum atomic E-state index is -3.47. The number of halogens is 1. The molecule has 0 aliphatic carbocycles. The molecule has 0 spiro atoms. The summed E-state index contributed by atoms with van der Waals surface area (Å²) in [5.74, 6) is -0.307. The smallest absolute Gasteiger partial charge is 0.223 e. The largest absolute Gasteiger partial charge is 0.379 e. The number of sulfonamides is 1. The van der Waals surface area contributed by atoms with Crippen molar-refractivity contribution in [2.75, 3.05) is 39.4 Å². The zero-order chi connectivity index (χ0) is 24.0. The summed E-state index contributed by atoms with van der Waals surface area (Å²) in [5, 5.41) is 3.47. The van der Waals surface area contributed by atoms with Crippen molar-refractivity contribution >= 4 is 27.5 Å². The number of carbonyl (C=O) groups excluding carboxylic acids is 1. The standard InChI is InChI=1S/C25H32ClN3O4S/c26-24-4-2-1-3-23(24)19-34(31,32)29-11-9-22(10-12-29)25(30)27-17-20-5-7-21(8-6-20)18-28-13-15-33-16-14-28/h1-8,22H,9-19H2,(H,27,30). The molecule has 0 saturated carbocycles. The summed E-state index contributed by atoms with van der Waals surface area (Å²) < 4.78 is 32.5. The summed E-state index contributed by atoms with van der Waals surface area (Å²) in [5.41, 5.74) is 2.90. The number of amides is 1. The minimum absolute atomic E-state index is 0.0134. The lowest BCUT2D eigenvalue weighted by atomic mass is 9.97. The first-order chi connectivity index (χ1) is 16.4. The quantitative estimate of drug-likeness (QED) is 0.596. The Kier molecular flexibility index (Phi) is 8.60. The molecular weight excluding hydrogens is 474 g/mol. The Morgan fingerprint density at radius 1 is 0.971 bits per heavy atom. The van der Waals surface area contributed by atoms with Crippen molar-refractivity contribution in [3.63, 3.8) is 0 Å². The molecule has 2 aromatic carbocycles. The first kappa shape index (κ1) is 25.1. The summed E-state index contributed by atoms with van der Waals surface area (Å²) in [7, 11) is -3.47. The number of piperidine rings is 1. The molecule has 9 heteroatoms. The van der Waals surface area contributed by atoms with Gasteiger partial charge in [0, 0.05) is 50.2 Å². The first-order valence-electron chi connectivity index (χ1n) is 11.8. The molecule has 7 nitrogen and oxygen atoms in total. The Bertz CT molecular complexity index is 1060. The van der Waals surface area contributed by atoms with E-state index in [1.54, 1.807) is 24.3 Å². The summed E-state index contributed by atoms with van der Waals surface area (Å²) in [4.78, 5) is 15.1. The van der Waals surface area contributed by atoms with Gasteiger partial charge in [0.2, 0.25) is 15.9 Å². The van der Waals surface area contributed by atoms with Gasteiger partial charge in [-0.05, 0) is 35.6 Å². The van der Waals surface area contributed by atoms with Gasteiger partial charge in [0.1, 0.15) is 0 Å². The van der Waals surface area contributed by atoms with E-state index in [0.717, 1.165) is 38.4 Å². The van der Waals surface area contributed by atoms with E-state index < -0.39 is 10.0 Å². The fourth-order valence-corrected chi connectivity index (χ4v) is 6.29. The molecule has 2 aliphatic heterocycles. The van der Waals surface area contributed by atoms with Gasteiger partial charge < -0.3 is 10.1 Å². The molecule has 0 radical (unpaired) electrons. The molecule has 0 atom stereocenters. The van der Waals surface area contributed by atoms with Gasteiger partial charge >= 0.3 is 0 Å². The minimum Gasteiger partial charge on any atom is -0.379 e. The number of nitrogens with one attached hydrogen (secondary N) is 1. The normalized spacial score (nSPS) is 18.6. The van der Waals surface area contributed by atoms with Crippen LogP contribution in [-0.4, -0.2) is 62.9 Å². The van der Waals surface area contributed by atoms with E-state index in [-0.39, 0.29) is 17.6 Å². The SMILES string of the molecule is O=C(NCc1ccc(CN2CCOCC2)cc1)C1CCN(S(=O)(=O)Cc2ccccc2Cl)CC1. The highest BCUT2D eigenvalue weighted by Gasteiger charge is 2.31. The number of benzene rings is 2. The van der Waals surface area contributed by atoms with Crippen LogP contribution in [0.4, 0.5) is 0 Å². The Hall–Kier alpha value is -1.97. The lowest BCUT2D eigenvalue weighted by molar-refractivity contribution is -0.126. The highest BCUT2D eigenvalue weighted by molar-refractivity contribution is 7.88. The highest BCUT2D eigenvalue weighted by Crippen LogP contribution is 2.24. The molecule has 1 amide bonds. The molecule has 2 heterocycles. The number of hydrogen-bond donors (Lipinski definition) is 1. The zero-order valence-electron chi connectivity index (χ0n) is 19.3. The van der Waals surface area contributed by atoms with E-state index in [9.17, 15) is 13.2 Å². The Balaban J connectivity index is 1.22. The van der Waals surface area contributed by atoms with E-state index >= 15 is 0 Å². The van der Waals surface area contributed by atoms with Crippen LogP contribution in [0, 0.1) is 5.92 Å². The first-order valence-corrected chi connectivity index (χ1v) is 13.8. The van der Waals surface area contributed by atoms with Gasteiger partial charge in [0.05, 0.1) is 19.0 Å². The van der Waals surface area contributed by atoms with Gasteiger partial charge in [-0.3, -0.25) is 9.69 Å². The average Bonchev–Trinajstić information content (AvgIpc) is 2.85. The molecule has 184 valence electrons. The summed E-state index contributed by atoms with van der Waals surface area (Å²) >= 11 is 6.13. The topological polar surface area (TPSA) is 79.0 Å². The van der Waals surface area contributed by atoms with Crippen molar-refractivity contribution in [1.29, 1.82) is 0 Å². The third-order valence-corrected chi connectivity index (χ3v) is 8.71. The Labute approximate surface area is 207 Å². The van der Waals surface area contributed by atoms with Crippen molar-refractivity contribution in [3.8, 4) is 0 Å². The van der Waals surface area contributed by atoms with Crippen LogP contribution in [0.1, 0.15) is 29.5 Å². The van der Waals surface area contributed by atoms with Gasteiger partial charge in [-0.1, -0.05) is 54.1 Å². The molecule has 2 fully saturated rings. The number of hydrogen-bond acceptors (Lipinski definition) is 5. The second kappa shape index (κ2) is 11.6. The summed E-state index contributed by atoms with van der Waals surface area (Å²) in [6.07, 6.45) is 1.04. The summed E-state index contributed by atoms with van der Waals surface area (Å²) in [6, 6.07) is 15.3. The van der Waals surface area contributed by atoms with E-state index in [4.69, 9.17) is 16.3 Å². The number of carbonyl (C=O) groups is 1. The van der Waals surface area contributed by atoms with Gasteiger partial charge in [-0.25, -0.2) is 12.7 Å². The van der Waals surface area contributed by atoms with E-state index in [1.165, 1.54) is 9.87 Å². The van der Waals surface area contributed by atoms with Crippen molar-refractivity contribution in [2.45, 2.75) is 31.7 Å². The maximum Gasteiger partial charge on any atom is 0.223 e. The second-order valence-electron chi connectivity index (χ2n) is 8.94. The third-order valence-electron chi connectivity index (χ3n) is 6.51. The molecule has 34 heavy (non-hydrogen) atoms. The number of morpholine rings is 1. The fraction of sp³-hybridized carbons (Fsp3) is 0.480. The summed E-state index contributed by atoms with van der Waals surface area (Å²) in [6.45, 7) is 5.57. The Morgan fingerprint density at radius 2 is 1.62 bits per heavy atom. The van der Waals surface area contributed by atoms with Gasteiger partial charge in [-0.2, -0.15) is 0 Å². The van der Waals surface area contributed by atoms with Crippen LogP contribution in [0.2, 0.25) is 5.02 Å². The highest BCUT2D eigenvalue weighted by atomic mass is 35.5. The third kappa shape index (κ3) is 6.79. The maximum absolute atomic E-state index is 12.8. The molecule has 4 rings (SSSR count). The molecule has 2 saturated heterocycles. The average molecular weight is 506 g/mol. The molecule has 1 N–H and O–H groups in total. The van der Waals surface area contributed by atoms with Crippen LogP contribution in [0.15, 0.2) is 48.5 Å². The lowest BCUT2D eigenvalue weighted by Gasteiger charge is -2.30. The lowest BCUT2D eigenvalue weighted by Crippen LogP contribution is -2.43. The van der Waals surface area contributed by atoms with Crippen LogP contribution >= 0.6 is 11.6 Å². The van der Waals surface area contributed by atoms with Crippen LogP contribution in [0.5, 0.6) is 0 Å². The van der Waals surface area contributed by atoms with Crippen molar-refractivity contribution in [2.24, 2.45) is 5.92 Å². The van der Waals surface area contributed by atoms with Crippen LogP contribution < -0.4 is 5.32 Å². The fourth-order valence-electron chi connectivity index (χ4n) is 4.41. The number of ether oxygens (including phenoxy) is 1. The van der Waals surface area contributed by atoms with Crippen molar-refractivity contribution in [1.82, 2.24) is 14.5 Å². The Morgan fingerprint density at radius 3 is 2.29 bits per heavy atom. The number of nitrogens with zero attached hydrogens (tertiary/aromatic N) is 2. The monoisotopic (exact) mass is 505 g/mol. The molecular formula is C25H32ClN3O4S. The molecule has 0 unspecified atom stereocenters. The van der Waals surface area contributed by atoms with Crippen molar-refractivity contribution < 1.29 is 17.9 Å². The van der Waals surface area contributed by atoms with Gasteiger partial charge in [0.15, 0.2) is 0 Å². The molecule has 0 aromatic heterocycles. The van der Waals surface area contributed by atoms with E-state index in [2.05, 4.69) is 34.5 Å². The molecule has 2 aliphatic rings. The van der Waals surface area contributed by atoms with Gasteiger partial charge in [-0.15, -0.1) is 0 Å². The van der Waals surface area contributed by atoms with E-state index in [1.807, 2.05) is 0 Å². The van der Waals surface area contributed by atoms with Crippen LogP contribution in [0.3, 0.4) is 0 Å². The molecule has 2 aromatic rings. The number of rotatable bonds is 8. The second-order valence-corrected chi connectivity index (χ2v) is 11.3. The zero-order valence-corrected chi connectivity index (χ0v) is 20.9. The van der Waals surface area contributed by atoms with E-state index in [0.29, 0.717) is 43.1 Å².